The number of carbonyl (C=O) groups is 2. The maximum absolute atomic E-state index is 11.6. The maximum Gasteiger partial charge on any atom is 0.333 e. The second-order valence-electron chi connectivity index (χ2n) is 7.41. The van der Waals surface area contributed by atoms with Crippen molar-refractivity contribution in [3.63, 3.8) is 0 Å². The number of hydrogen-bond donors (Lipinski definition) is 2. The molecule has 0 heterocycles. The standard InChI is InChI=1S/C15H22O3.C3H4O2/c1-10(13(16)18-2)4-14-5-11-3-12(6-14)8-15(17,7-11)9-14;1-2-3(4)5/h4,11-12,17H,3,5-9H2,1-2H3;2H,1H2,(H,4,5). The molecule has 0 aliphatic heterocycles. The van der Waals surface area contributed by atoms with E-state index in [1.165, 1.54) is 13.5 Å². The predicted octanol–water partition coefficient (Wildman–Crippen LogP) is 2.69. The summed E-state index contributed by atoms with van der Waals surface area (Å²) >= 11 is 0. The van der Waals surface area contributed by atoms with Gasteiger partial charge in [-0.2, -0.15) is 0 Å². The molecule has 2 atom stereocenters. The summed E-state index contributed by atoms with van der Waals surface area (Å²) in [5.74, 6) is 0.0821. The normalized spacial score (nSPS) is 37.6. The molecule has 4 saturated carbocycles. The number of allylic oxidation sites excluding steroid dienone is 1. The van der Waals surface area contributed by atoms with Crippen molar-refractivity contribution in [1.82, 2.24) is 0 Å². The monoisotopic (exact) mass is 322 g/mol. The number of aliphatic carboxylic acids is 1. The Balaban J connectivity index is 0.000000338. The molecule has 4 fully saturated rings. The molecule has 4 bridgehead atoms. The summed E-state index contributed by atoms with van der Waals surface area (Å²) in [6, 6.07) is 0. The van der Waals surface area contributed by atoms with Gasteiger partial charge >= 0.3 is 11.9 Å². The van der Waals surface area contributed by atoms with Crippen molar-refractivity contribution in [2.75, 3.05) is 7.11 Å². The Labute approximate surface area is 137 Å². The van der Waals surface area contributed by atoms with E-state index in [1.807, 2.05) is 6.92 Å². The quantitative estimate of drug-likeness (QED) is 0.616. The number of carboxylic acids is 1. The lowest BCUT2D eigenvalue weighted by molar-refractivity contribution is -0.149. The summed E-state index contributed by atoms with van der Waals surface area (Å²) in [5, 5.41) is 18.2. The SMILES string of the molecule is C=CC(=O)O.COC(=O)C(C)=CC12CC3CC(CC(O)(C3)C1)C2. The highest BCUT2D eigenvalue weighted by molar-refractivity contribution is 5.87. The number of rotatable bonds is 3. The molecular weight excluding hydrogens is 296 g/mol. The summed E-state index contributed by atoms with van der Waals surface area (Å²) in [6.45, 7) is 4.79. The molecule has 2 unspecified atom stereocenters. The Bertz CT molecular complexity index is 520. The van der Waals surface area contributed by atoms with Crippen molar-refractivity contribution in [1.29, 1.82) is 0 Å². The maximum atomic E-state index is 11.6. The summed E-state index contributed by atoms with van der Waals surface area (Å²) in [5.41, 5.74) is 0.289. The minimum atomic E-state index is -0.981. The van der Waals surface area contributed by atoms with Gasteiger partial charge in [-0.3, -0.25) is 0 Å². The van der Waals surface area contributed by atoms with Gasteiger partial charge in [0.25, 0.3) is 0 Å². The fraction of sp³-hybridized carbons (Fsp3) is 0.667. The van der Waals surface area contributed by atoms with Crippen LogP contribution in [0.15, 0.2) is 24.3 Å². The fourth-order valence-electron chi connectivity index (χ4n) is 5.13. The Hall–Kier alpha value is -1.62. The first-order chi connectivity index (χ1) is 10.7. The molecule has 0 amide bonds. The summed E-state index contributed by atoms with van der Waals surface area (Å²) in [4.78, 5) is 20.8. The third-order valence-electron chi connectivity index (χ3n) is 5.28. The number of carboxylic acid groups (broad SMARTS) is 1. The highest BCUT2D eigenvalue weighted by Gasteiger charge is 2.56. The van der Waals surface area contributed by atoms with Gasteiger partial charge in [0, 0.05) is 11.6 Å². The average Bonchev–Trinajstić information content (AvgIpc) is 2.43. The summed E-state index contributed by atoms with van der Waals surface area (Å²) in [7, 11) is 1.42. The van der Waals surface area contributed by atoms with Gasteiger partial charge < -0.3 is 14.9 Å². The smallest absolute Gasteiger partial charge is 0.333 e. The molecule has 4 aliphatic rings. The lowest BCUT2D eigenvalue weighted by Crippen LogP contribution is -2.55. The molecular formula is C18H26O5. The highest BCUT2D eigenvalue weighted by Crippen LogP contribution is 2.62. The first-order valence-electron chi connectivity index (χ1n) is 8.06. The zero-order valence-corrected chi connectivity index (χ0v) is 13.9. The van der Waals surface area contributed by atoms with Crippen molar-refractivity contribution in [3.8, 4) is 0 Å². The van der Waals surface area contributed by atoms with Crippen LogP contribution in [-0.4, -0.2) is 34.9 Å². The molecule has 0 aromatic rings. The van der Waals surface area contributed by atoms with Crippen molar-refractivity contribution >= 4 is 11.9 Å². The molecule has 0 spiro atoms. The van der Waals surface area contributed by atoms with Crippen LogP contribution in [0, 0.1) is 17.3 Å². The van der Waals surface area contributed by atoms with Crippen LogP contribution < -0.4 is 0 Å². The molecule has 0 saturated heterocycles. The van der Waals surface area contributed by atoms with E-state index < -0.39 is 11.6 Å². The van der Waals surface area contributed by atoms with E-state index in [0.717, 1.165) is 38.2 Å². The predicted molar refractivity (Wildman–Crippen MR) is 85.7 cm³/mol. The highest BCUT2D eigenvalue weighted by atomic mass is 16.5. The van der Waals surface area contributed by atoms with Crippen molar-refractivity contribution in [2.24, 2.45) is 17.3 Å². The van der Waals surface area contributed by atoms with Crippen LogP contribution in [0.4, 0.5) is 0 Å². The minimum Gasteiger partial charge on any atom is -0.478 e. The number of carbonyl (C=O) groups excluding carboxylic acids is 1. The first-order valence-corrected chi connectivity index (χ1v) is 8.06. The Morgan fingerprint density at radius 2 is 1.74 bits per heavy atom. The third kappa shape index (κ3) is 4.02. The molecule has 128 valence electrons. The molecule has 0 aromatic carbocycles. The summed E-state index contributed by atoms with van der Waals surface area (Å²) < 4.78 is 4.78. The number of esters is 1. The zero-order chi connectivity index (χ0) is 17.3. The van der Waals surface area contributed by atoms with E-state index in [2.05, 4.69) is 12.7 Å². The van der Waals surface area contributed by atoms with Gasteiger partial charge in [-0.05, 0) is 62.7 Å². The third-order valence-corrected chi connectivity index (χ3v) is 5.28. The fourth-order valence-corrected chi connectivity index (χ4v) is 5.13. The molecule has 4 rings (SSSR count). The van der Waals surface area contributed by atoms with Crippen molar-refractivity contribution in [2.45, 2.75) is 51.0 Å². The number of aliphatic hydroxyl groups is 1. The molecule has 0 aromatic heterocycles. The second-order valence-corrected chi connectivity index (χ2v) is 7.41. The van der Waals surface area contributed by atoms with Crippen LogP contribution in [0.2, 0.25) is 0 Å². The largest absolute Gasteiger partial charge is 0.478 e. The van der Waals surface area contributed by atoms with Crippen LogP contribution in [0.1, 0.15) is 45.4 Å². The van der Waals surface area contributed by atoms with E-state index in [-0.39, 0.29) is 11.4 Å². The lowest BCUT2D eigenvalue weighted by Gasteiger charge is -2.59. The van der Waals surface area contributed by atoms with Gasteiger partial charge in [0.15, 0.2) is 0 Å². The molecule has 23 heavy (non-hydrogen) atoms. The van der Waals surface area contributed by atoms with Crippen LogP contribution in [0.5, 0.6) is 0 Å². The topological polar surface area (TPSA) is 83.8 Å². The van der Waals surface area contributed by atoms with Gasteiger partial charge in [0.05, 0.1) is 12.7 Å². The molecule has 2 N–H and O–H groups in total. The van der Waals surface area contributed by atoms with E-state index in [1.54, 1.807) is 0 Å². The van der Waals surface area contributed by atoms with Crippen molar-refractivity contribution < 1.29 is 24.5 Å². The molecule has 5 nitrogen and oxygen atoms in total. The first kappa shape index (κ1) is 17.7. The number of hydrogen-bond acceptors (Lipinski definition) is 4. The molecule has 0 radical (unpaired) electrons. The number of ether oxygens (including phenoxy) is 1. The van der Waals surface area contributed by atoms with Gasteiger partial charge in [-0.15, -0.1) is 0 Å². The average molecular weight is 322 g/mol. The Kier molecular flexibility index (Phi) is 4.99. The van der Waals surface area contributed by atoms with E-state index in [0.29, 0.717) is 17.4 Å². The zero-order valence-electron chi connectivity index (χ0n) is 13.9. The van der Waals surface area contributed by atoms with Gasteiger partial charge in [-0.1, -0.05) is 12.7 Å². The minimum absolute atomic E-state index is 0.0527. The Morgan fingerprint density at radius 3 is 2.13 bits per heavy atom. The van der Waals surface area contributed by atoms with Gasteiger partial charge in [-0.25, -0.2) is 9.59 Å². The molecule has 5 heteroatoms. The molecule has 4 aliphatic carbocycles. The van der Waals surface area contributed by atoms with Gasteiger partial charge in [0.1, 0.15) is 0 Å². The number of methoxy groups -OCH3 is 1. The second kappa shape index (κ2) is 6.48. The van der Waals surface area contributed by atoms with Crippen LogP contribution in [0.25, 0.3) is 0 Å². The van der Waals surface area contributed by atoms with E-state index >= 15 is 0 Å². The van der Waals surface area contributed by atoms with Crippen molar-refractivity contribution in [3.05, 3.63) is 24.3 Å². The Morgan fingerprint density at radius 1 is 1.22 bits per heavy atom. The summed E-state index contributed by atoms with van der Waals surface area (Å²) in [6.07, 6.45) is 9.25. The van der Waals surface area contributed by atoms with E-state index in [9.17, 15) is 14.7 Å². The lowest BCUT2D eigenvalue weighted by atomic mass is 9.48. The van der Waals surface area contributed by atoms with E-state index in [4.69, 9.17) is 9.84 Å². The van der Waals surface area contributed by atoms with Gasteiger partial charge in [0.2, 0.25) is 0 Å². The van der Waals surface area contributed by atoms with Crippen LogP contribution in [-0.2, 0) is 14.3 Å². The van der Waals surface area contributed by atoms with Crippen LogP contribution in [0.3, 0.4) is 0 Å². The van der Waals surface area contributed by atoms with Crippen LogP contribution >= 0.6 is 0 Å².